The number of anilines is 1. The first-order valence-electron chi connectivity index (χ1n) is 7.70. The molecule has 1 amide bonds. The second-order valence-corrected chi connectivity index (χ2v) is 5.89. The predicted octanol–water partition coefficient (Wildman–Crippen LogP) is 4.11. The molecule has 0 spiro atoms. The number of benzene rings is 2. The minimum Gasteiger partial charge on any atom is -0.478 e. The van der Waals surface area contributed by atoms with E-state index in [1.54, 1.807) is 30.3 Å². The second-order valence-electron chi connectivity index (χ2n) is 5.46. The Morgan fingerprint density at radius 1 is 1.04 bits per heavy atom. The third kappa shape index (κ3) is 3.99. The van der Waals surface area contributed by atoms with Gasteiger partial charge in [-0.1, -0.05) is 28.9 Å². The number of rotatable bonds is 5. The highest BCUT2D eigenvalue weighted by atomic mass is 35.5. The summed E-state index contributed by atoms with van der Waals surface area (Å²) >= 11 is 5.81. The van der Waals surface area contributed by atoms with Gasteiger partial charge < -0.3 is 20.0 Å². The Bertz CT molecular complexity index is 1030. The van der Waals surface area contributed by atoms with E-state index in [0.29, 0.717) is 11.3 Å². The highest BCUT2D eigenvalue weighted by Crippen LogP contribution is 2.22. The van der Waals surface area contributed by atoms with Gasteiger partial charge in [-0.15, -0.1) is 0 Å². The third-order valence-electron chi connectivity index (χ3n) is 3.71. The number of carbonyl (C=O) groups excluding carboxylic acids is 1. The average molecular weight is 385 g/mol. The van der Waals surface area contributed by atoms with Crippen LogP contribution >= 0.6 is 11.6 Å². The summed E-state index contributed by atoms with van der Waals surface area (Å²) in [5.41, 5.74) is 0.845. The fourth-order valence-corrected chi connectivity index (χ4v) is 2.64. The first kappa shape index (κ1) is 18.2. The molecule has 7 nitrogen and oxygen atoms in total. The molecule has 0 saturated carbocycles. The normalized spacial score (nSPS) is 11.2. The summed E-state index contributed by atoms with van der Waals surface area (Å²) in [5.74, 6) is -1.41. The molecule has 0 bridgehead atoms. The standard InChI is InChI=1S/C19H13ClN2O5/c20-13-6-7-15(14(10-13)19(24)25)21-18(23)12-4-1-3-11(9-12)17(22-26)16-5-2-8-27-16/h1-10,26H,(H,21,23)(H,24,25). The molecule has 3 aromatic rings. The van der Waals surface area contributed by atoms with Crippen LogP contribution < -0.4 is 5.32 Å². The molecule has 1 aromatic heterocycles. The summed E-state index contributed by atoms with van der Waals surface area (Å²) in [6, 6.07) is 13.7. The molecule has 0 saturated heterocycles. The van der Waals surface area contributed by atoms with E-state index in [9.17, 15) is 19.9 Å². The number of aromatic carboxylic acids is 1. The van der Waals surface area contributed by atoms with Crippen LogP contribution in [0, 0.1) is 0 Å². The number of nitrogens with one attached hydrogen (secondary N) is 1. The lowest BCUT2D eigenvalue weighted by molar-refractivity contribution is 0.0698. The largest absolute Gasteiger partial charge is 0.478 e. The van der Waals surface area contributed by atoms with Gasteiger partial charge >= 0.3 is 5.97 Å². The molecule has 8 heteroatoms. The fraction of sp³-hybridized carbons (Fsp3) is 0. The summed E-state index contributed by atoms with van der Waals surface area (Å²) in [6.07, 6.45) is 1.44. The topological polar surface area (TPSA) is 112 Å². The van der Waals surface area contributed by atoms with E-state index in [-0.39, 0.29) is 27.5 Å². The molecule has 0 atom stereocenters. The Balaban J connectivity index is 1.90. The minimum atomic E-state index is -1.21. The van der Waals surface area contributed by atoms with Crippen molar-refractivity contribution in [3.8, 4) is 0 Å². The fourth-order valence-electron chi connectivity index (χ4n) is 2.47. The molecule has 0 aliphatic heterocycles. The van der Waals surface area contributed by atoms with E-state index in [1.807, 2.05) is 0 Å². The molecule has 2 aromatic carbocycles. The molecule has 3 N–H and O–H groups in total. The highest BCUT2D eigenvalue weighted by molar-refractivity contribution is 6.31. The summed E-state index contributed by atoms with van der Waals surface area (Å²) < 4.78 is 5.22. The van der Waals surface area contributed by atoms with Crippen LogP contribution in [0.4, 0.5) is 5.69 Å². The summed E-state index contributed by atoms with van der Waals surface area (Å²) in [6.45, 7) is 0. The smallest absolute Gasteiger partial charge is 0.337 e. The van der Waals surface area contributed by atoms with E-state index in [0.717, 1.165) is 0 Å². The number of oxime groups is 1. The van der Waals surface area contributed by atoms with Gasteiger partial charge in [-0.2, -0.15) is 0 Å². The van der Waals surface area contributed by atoms with Gasteiger partial charge in [0.2, 0.25) is 0 Å². The summed E-state index contributed by atoms with van der Waals surface area (Å²) in [7, 11) is 0. The van der Waals surface area contributed by atoms with Crippen molar-refractivity contribution in [2.24, 2.45) is 5.16 Å². The number of halogens is 1. The van der Waals surface area contributed by atoms with E-state index in [1.165, 1.54) is 30.5 Å². The van der Waals surface area contributed by atoms with E-state index in [2.05, 4.69) is 10.5 Å². The zero-order valence-corrected chi connectivity index (χ0v) is 14.5. The number of hydrogen-bond donors (Lipinski definition) is 3. The van der Waals surface area contributed by atoms with Gasteiger partial charge in [-0.05, 0) is 42.5 Å². The van der Waals surface area contributed by atoms with E-state index in [4.69, 9.17) is 16.0 Å². The van der Waals surface area contributed by atoms with Crippen molar-refractivity contribution in [1.82, 2.24) is 0 Å². The van der Waals surface area contributed by atoms with Crippen molar-refractivity contribution in [1.29, 1.82) is 0 Å². The lowest BCUT2D eigenvalue weighted by atomic mass is 10.0. The Labute approximate surface area is 158 Å². The molecule has 1 heterocycles. The van der Waals surface area contributed by atoms with E-state index < -0.39 is 11.9 Å². The van der Waals surface area contributed by atoms with E-state index >= 15 is 0 Å². The molecule has 136 valence electrons. The number of carboxylic acids is 1. The monoisotopic (exact) mass is 384 g/mol. The number of carboxylic acid groups (broad SMARTS) is 1. The summed E-state index contributed by atoms with van der Waals surface area (Å²) in [5, 5.41) is 24.6. The van der Waals surface area contributed by atoms with Crippen molar-refractivity contribution in [3.63, 3.8) is 0 Å². The van der Waals surface area contributed by atoms with Crippen molar-refractivity contribution >= 4 is 34.9 Å². The molecule has 0 aliphatic carbocycles. The second kappa shape index (κ2) is 7.76. The molecule has 27 heavy (non-hydrogen) atoms. The van der Waals surface area contributed by atoms with Crippen molar-refractivity contribution in [2.75, 3.05) is 5.32 Å². The first-order chi connectivity index (χ1) is 13.0. The lowest BCUT2D eigenvalue weighted by Crippen LogP contribution is -2.15. The number of furan rings is 1. The lowest BCUT2D eigenvalue weighted by Gasteiger charge is -2.10. The number of hydrogen-bond acceptors (Lipinski definition) is 5. The number of carbonyl (C=O) groups is 2. The predicted molar refractivity (Wildman–Crippen MR) is 98.9 cm³/mol. The molecular formula is C19H13ClN2O5. The molecule has 0 aliphatic rings. The Morgan fingerprint density at radius 3 is 2.48 bits per heavy atom. The first-order valence-corrected chi connectivity index (χ1v) is 8.08. The van der Waals surface area contributed by atoms with Gasteiger partial charge in [-0.3, -0.25) is 4.79 Å². The van der Waals surface area contributed by atoms with Crippen molar-refractivity contribution < 1.29 is 24.3 Å². The zero-order chi connectivity index (χ0) is 19.4. The van der Waals surface area contributed by atoms with Crippen LogP contribution in [0.5, 0.6) is 0 Å². The Kier molecular flexibility index (Phi) is 5.23. The quantitative estimate of drug-likeness (QED) is 0.348. The Hall–Kier alpha value is -3.58. The van der Waals surface area contributed by atoms with Gasteiger partial charge in [0.15, 0.2) is 11.5 Å². The summed E-state index contributed by atoms with van der Waals surface area (Å²) in [4.78, 5) is 23.9. The average Bonchev–Trinajstić information content (AvgIpc) is 3.18. The maximum Gasteiger partial charge on any atom is 0.337 e. The van der Waals surface area contributed by atoms with Crippen LogP contribution in [0.2, 0.25) is 5.02 Å². The van der Waals surface area contributed by atoms with Crippen molar-refractivity contribution in [3.05, 3.63) is 88.3 Å². The van der Waals surface area contributed by atoms with Gasteiger partial charge in [0, 0.05) is 16.1 Å². The molecule has 0 radical (unpaired) electrons. The third-order valence-corrected chi connectivity index (χ3v) is 3.95. The maximum atomic E-state index is 12.6. The molecular weight excluding hydrogens is 372 g/mol. The van der Waals surface area contributed by atoms with Crippen LogP contribution in [0.15, 0.2) is 70.4 Å². The maximum absolute atomic E-state index is 12.6. The number of nitrogens with zero attached hydrogens (tertiary/aromatic N) is 1. The number of amides is 1. The molecule has 0 unspecified atom stereocenters. The minimum absolute atomic E-state index is 0.115. The van der Waals surface area contributed by atoms with Crippen molar-refractivity contribution in [2.45, 2.75) is 0 Å². The SMILES string of the molecule is O=C(Nc1ccc(Cl)cc1C(=O)O)c1cccc(C(=NO)c2ccco2)c1. The van der Waals surface area contributed by atoms with Gasteiger partial charge in [0.1, 0.15) is 0 Å². The zero-order valence-electron chi connectivity index (χ0n) is 13.7. The van der Waals surface area contributed by atoms with Gasteiger partial charge in [0.25, 0.3) is 5.91 Å². The van der Waals surface area contributed by atoms with Crippen LogP contribution in [-0.4, -0.2) is 27.9 Å². The van der Waals surface area contributed by atoms with Crippen LogP contribution in [0.3, 0.4) is 0 Å². The molecule has 3 rings (SSSR count). The van der Waals surface area contributed by atoms with Crippen LogP contribution in [0.25, 0.3) is 0 Å². The highest BCUT2D eigenvalue weighted by Gasteiger charge is 2.16. The Morgan fingerprint density at radius 2 is 1.81 bits per heavy atom. The van der Waals surface area contributed by atoms with Crippen LogP contribution in [0.1, 0.15) is 32.0 Å². The van der Waals surface area contributed by atoms with Gasteiger partial charge in [-0.25, -0.2) is 4.79 Å². The molecule has 0 fully saturated rings. The van der Waals surface area contributed by atoms with Crippen LogP contribution in [-0.2, 0) is 0 Å². The van der Waals surface area contributed by atoms with Gasteiger partial charge in [0.05, 0.1) is 17.5 Å².